The van der Waals surface area contributed by atoms with Crippen LogP contribution in [0.2, 0.25) is 0 Å². The van der Waals surface area contributed by atoms with Crippen LogP contribution in [0.15, 0.2) is 29.2 Å². The van der Waals surface area contributed by atoms with Crippen LogP contribution in [-0.4, -0.2) is 41.5 Å². The quantitative estimate of drug-likeness (QED) is 0.784. The molecule has 1 saturated carbocycles. The standard InChI is InChI=1S/C14H20N2O2S/c1-19-13-6-2-11(3-7-13)10-15-14(18)16(8-9-17)12-4-5-12/h2-3,6-7,12,17H,4-5,8-10H2,1H3,(H,15,18). The van der Waals surface area contributed by atoms with Gasteiger partial charge < -0.3 is 15.3 Å². The Labute approximate surface area is 118 Å². The zero-order valence-electron chi connectivity index (χ0n) is 11.1. The number of carbonyl (C=O) groups is 1. The van der Waals surface area contributed by atoms with Crippen LogP contribution in [0.1, 0.15) is 18.4 Å². The number of aliphatic hydroxyl groups is 1. The molecule has 1 aromatic carbocycles. The Morgan fingerprint density at radius 3 is 2.63 bits per heavy atom. The monoisotopic (exact) mass is 280 g/mol. The molecule has 104 valence electrons. The average molecular weight is 280 g/mol. The van der Waals surface area contributed by atoms with E-state index >= 15 is 0 Å². The first-order valence-electron chi connectivity index (χ1n) is 6.53. The molecule has 0 aromatic heterocycles. The maximum absolute atomic E-state index is 12.0. The number of hydrogen-bond donors (Lipinski definition) is 2. The summed E-state index contributed by atoms with van der Waals surface area (Å²) in [4.78, 5) is 15.0. The number of urea groups is 1. The third-order valence-corrected chi connectivity index (χ3v) is 3.94. The molecule has 19 heavy (non-hydrogen) atoms. The normalized spacial score (nSPS) is 14.2. The van der Waals surface area contributed by atoms with E-state index in [0.29, 0.717) is 19.1 Å². The maximum atomic E-state index is 12.0. The van der Waals surface area contributed by atoms with Crippen molar-refractivity contribution in [3.63, 3.8) is 0 Å². The van der Waals surface area contributed by atoms with Gasteiger partial charge >= 0.3 is 6.03 Å². The number of rotatable bonds is 6. The molecule has 0 aliphatic heterocycles. The number of thioether (sulfide) groups is 1. The van der Waals surface area contributed by atoms with Gasteiger partial charge in [-0.15, -0.1) is 11.8 Å². The van der Waals surface area contributed by atoms with Crippen LogP contribution in [0.3, 0.4) is 0 Å². The number of hydrogen-bond acceptors (Lipinski definition) is 3. The third kappa shape index (κ3) is 4.14. The predicted octanol–water partition coefficient (Wildman–Crippen LogP) is 2.07. The lowest BCUT2D eigenvalue weighted by Gasteiger charge is -2.21. The summed E-state index contributed by atoms with van der Waals surface area (Å²) < 4.78 is 0. The maximum Gasteiger partial charge on any atom is 0.317 e. The first kappa shape index (κ1) is 14.2. The fourth-order valence-electron chi connectivity index (χ4n) is 1.97. The van der Waals surface area contributed by atoms with Crippen LogP contribution in [-0.2, 0) is 6.54 Å². The molecule has 2 rings (SSSR count). The van der Waals surface area contributed by atoms with Crippen LogP contribution in [0, 0.1) is 0 Å². The molecule has 4 nitrogen and oxygen atoms in total. The van der Waals surface area contributed by atoms with Crippen molar-refractivity contribution < 1.29 is 9.90 Å². The summed E-state index contributed by atoms with van der Waals surface area (Å²) in [6.07, 6.45) is 4.14. The number of nitrogens with one attached hydrogen (secondary N) is 1. The second-order valence-electron chi connectivity index (χ2n) is 4.65. The fraction of sp³-hybridized carbons (Fsp3) is 0.500. The second kappa shape index (κ2) is 6.82. The zero-order chi connectivity index (χ0) is 13.7. The number of carbonyl (C=O) groups excluding carboxylic acids is 1. The van der Waals surface area contributed by atoms with Crippen LogP contribution in [0.4, 0.5) is 4.79 Å². The lowest BCUT2D eigenvalue weighted by atomic mass is 10.2. The first-order chi connectivity index (χ1) is 9.24. The highest BCUT2D eigenvalue weighted by Crippen LogP contribution is 2.26. The van der Waals surface area contributed by atoms with Crippen LogP contribution in [0.25, 0.3) is 0 Å². The lowest BCUT2D eigenvalue weighted by Crippen LogP contribution is -2.42. The van der Waals surface area contributed by atoms with E-state index in [1.54, 1.807) is 16.7 Å². The molecule has 1 aliphatic carbocycles. The Kier molecular flexibility index (Phi) is 5.10. The number of benzene rings is 1. The van der Waals surface area contributed by atoms with Gasteiger partial charge in [0, 0.05) is 24.0 Å². The number of amides is 2. The van der Waals surface area contributed by atoms with Gasteiger partial charge in [0.15, 0.2) is 0 Å². The predicted molar refractivity (Wildman–Crippen MR) is 77.3 cm³/mol. The molecule has 0 heterocycles. The number of aliphatic hydroxyl groups excluding tert-OH is 1. The van der Waals surface area contributed by atoms with Crippen molar-refractivity contribution in [3.8, 4) is 0 Å². The fourth-order valence-corrected chi connectivity index (χ4v) is 2.37. The van der Waals surface area contributed by atoms with Crippen LogP contribution in [0.5, 0.6) is 0 Å². The van der Waals surface area contributed by atoms with Crippen molar-refractivity contribution in [1.82, 2.24) is 10.2 Å². The average Bonchev–Trinajstić information content (AvgIpc) is 3.27. The van der Waals surface area contributed by atoms with Crippen molar-refractivity contribution in [2.45, 2.75) is 30.3 Å². The summed E-state index contributed by atoms with van der Waals surface area (Å²) in [5.74, 6) is 0. The molecule has 2 N–H and O–H groups in total. The SMILES string of the molecule is CSc1ccc(CNC(=O)N(CCO)C2CC2)cc1. The van der Waals surface area contributed by atoms with Gasteiger partial charge in [0.25, 0.3) is 0 Å². The van der Waals surface area contributed by atoms with Gasteiger partial charge in [-0.1, -0.05) is 12.1 Å². The van der Waals surface area contributed by atoms with E-state index in [0.717, 1.165) is 18.4 Å². The minimum absolute atomic E-state index is 0.0202. The van der Waals surface area contributed by atoms with Crippen molar-refractivity contribution in [2.24, 2.45) is 0 Å². The van der Waals surface area contributed by atoms with Gasteiger partial charge in [-0.3, -0.25) is 0 Å². The van der Waals surface area contributed by atoms with Gasteiger partial charge in [0.05, 0.1) is 6.61 Å². The molecule has 0 saturated heterocycles. The Morgan fingerprint density at radius 1 is 1.42 bits per heavy atom. The van der Waals surface area contributed by atoms with Gasteiger partial charge in [-0.2, -0.15) is 0 Å². The molecule has 0 unspecified atom stereocenters. The van der Waals surface area contributed by atoms with E-state index in [1.807, 2.05) is 18.4 Å². The largest absolute Gasteiger partial charge is 0.395 e. The summed E-state index contributed by atoms with van der Waals surface area (Å²) in [7, 11) is 0. The molecule has 0 atom stereocenters. The summed E-state index contributed by atoms with van der Waals surface area (Å²) in [5.41, 5.74) is 1.09. The van der Waals surface area contributed by atoms with E-state index in [1.165, 1.54) is 4.90 Å². The van der Waals surface area contributed by atoms with E-state index in [4.69, 9.17) is 5.11 Å². The van der Waals surface area contributed by atoms with Gasteiger partial charge in [0.2, 0.25) is 0 Å². The first-order valence-corrected chi connectivity index (χ1v) is 7.75. The molecule has 1 aromatic rings. The Morgan fingerprint density at radius 2 is 2.11 bits per heavy atom. The van der Waals surface area contributed by atoms with Gasteiger partial charge in [-0.25, -0.2) is 4.79 Å². The number of nitrogens with zero attached hydrogens (tertiary/aromatic N) is 1. The van der Waals surface area contributed by atoms with Crippen molar-refractivity contribution >= 4 is 17.8 Å². The van der Waals surface area contributed by atoms with Crippen LogP contribution >= 0.6 is 11.8 Å². The minimum Gasteiger partial charge on any atom is -0.395 e. The van der Waals surface area contributed by atoms with Crippen molar-refractivity contribution in [3.05, 3.63) is 29.8 Å². The van der Waals surface area contributed by atoms with E-state index in [2.05, 4.69) is 17.4 Å². The highest BCUT2D eigenvalue weighted by atomic mass is 32.2. The molecule has 0 radical (unpaired) electrons. The highest BCUT2D eigenvalue weighted by molar-refractivity contribution is 7.98. The smallest absolute Gasteiger partial charge is 0.317 e. The molecule has 1 fully saturated rings. The van der Waals surface area contributed by atoms with Crippen molar-refractivity contribution in [2.75, 3.05) is 19.4 Å². The van der Waals surface area contributed by atoms with E-state index in [-0.39, 0.29) is 12.6 Å². The summed E-state index contributed by atoms with van der Waals surface area (Å²) in [5, 5.41) is 11.9. The molecule has 0 bridgehead atoms. The van der Waals surface area contributed by atoms with E-state index < -0.39 is 0 Å². The molecule has 1 aliphatic rings. The minimum atomic E-state index is -0.0782. The Balaban J connectivity index is 1.84. The van der Waals surface area contributed by atoms with E-state index in [9.17, 15) is 4.79 Å². The molecule has 2 amide bonds. The lowest BCUT2D eigenvalue weighted by molar-refractivity contribution is 0.173. The molecule has 5 heteroatoms. The third-order valence-electron chi connectivity index (χ3n) is 3.19. The van der Waals surface area contributed by atoms with Crippen LogP contribution < -0.4 is 5.32 Å². The Bertz CT molecular complexity index is 418. The summed E-state index contributed by atoms with van der Waals surface area (Å²) in [6, 6.07) is 8.41. The topological polar surface area (TPSA) is 52.6 Å². The van der Waals surface area contributed by atoms with Gasteiger partial charge in [0.1, 0.15) is 0 Å². The summed E-state index contributed by atoms with van der Waals surface area (Å²) in [6.45, 7) is 0.969. The molecule has 0 spiro atoms. The van der Waals surface area contributed by atoms with Crippen molar-refractivity contribution in [1.29, 1.82) is 0 Å². The highest BCUT2D eigenvalue weighted by Gasteiger charge is 2.31. The zero-order valence-corrected chi connectivity index (χ0v) is 11.9. The Hall–Kier alpha value is -1.20. The molecular formula is C14H20N2O2S. The summed E-state index contributed by atoms with van der Waals surface area (Å²) >= 11 is 1.70. The van der Waals surface area contributed by atoms with Gasteiger partial charge in [-0.05, 0) is 36.8 Å². The molecular weight excluding hydrogens is 260 g/mol. The second-order valence-corrected chi connectivity index (χ2v) is 5.53.